The van der Waals surface area contributed by atoms with Gasteiger partial charge in [0.2, 0.25) is 5.91 Å². The van der Waals surface area contributed by atoms with Gasteiger partial charge in [-0.05, 0) is 61.9 Å². The van der Waals surface area contributed by atoms with Crippen LogP contribution in [-0.4, -0.2) is 15.7 Å². The van der Waals surface area contributed by atoms with E-state index < -0.39 is 0 Å². The molecule has 0 atom stereocenters. The van der Waals surface area contributed by atoms with Gasteiger partial charge in [0.15, 0.2) is 0 Å². The van der Waals surface area contributed by atoms with Crippen LogP contribution in [0.5, 0.6) is 0 Å². The van der Waals surface area contributed by atoms with Crippen LogP contribution in [0, 0.1) is 17.2 Å². The molecule has 2 aromatic rings. The zero-order chi connectivity index (χ0) is 16.1. The molecule has 1 heterocycles. The van der Waals surface area contributed by atoms with Gasteiger partial charge in [0, 0.05) is 24.5 Å². The molecule has 1 aromatic carbocycles. The molecule has 1 aromatic heterocycles. The molecule has 1 fully saturated rings. The zero-order valence-electron chi connectivity index (χ0n) is 13.0. The Kier molecular flexibility index (Phi) is 4.72. The van der Waals surface area contributed by atoms with Crippen LogP contribution in [0.25, 0.3) is 0 Å². The van der Waals surface area contributed by atoms with Gasteiger partial charge < -0.3 is 5.32 Å². The topological polar surface area (TPSA) is 70.7 Å². The standard InChI is InChI=1S/C18H20N4O/c19-13-15-2-6-16(7-3-15)21-18(23)12-14-4-8-17(9-5-14)22-11-1-10-20-22/h1-3,6-7,10-11,14,17H,4-5,8-9,12H2,(H,21,23). The van der Waals surface area contributed by atoms with E-state index in [2.05, 4.69) is 16.5 Å². The van der Waals surface area contributed by atoms with Crippen molar-refractivity contribution in [2.75, 3.05) is 5.32 Å². The van der Waals surface area contributed by atoms with Crippen molar-refractivity contribution in [2.24, 2.45) is 5.92 Å². The van der Waals surface area contributed by atoms with Crippen LogP contribution in [0.1, 0.15) is 43.7 Å². The fraction of sp³-hybridized carbons (Fsp3) is 0.389. The van der Waals surface area contributed by atoms with Crippen molar-refractivity contribution in [3.8, 4) is 6.07 Å². The minimum Gasteiger partial charge on any atom is -0.326 e. The highest BCUT2D eigenvalue weighted by Gasteiger charge is 2.24. The second-order valence-corrected chi connectivity index (χ2v) is 6.10. The Hall–Kier alpha value is -2.61. The maximum Gasteiger partial charge on any atom is 0.224 e. The highest BCUT2D eigenvalue weighted by Crippen LogP contribution is 2.33. The summed E-state index contributed by atoms with van der Waals surface area (Å²) in [6.07, 6.45) is 8.68. The first-order chi connectivity index (χ1) is 11.2. The number of aromatic nitrogens is 2. The number of hydrogen-bond acceptors (Lipinski definition) is 3. The number of amides is 1. The Morgan fingerprint density at radius 3 is 2.61 bits per heavy atom. The van der Waals surface area contributed by atoms with Crippen molar-refractivity contribution in [3.05, 3.63) is 48.3 Å². The third-order valence-corrected chi connectivity index (χ3v) is 4.49. The normalized spacial score (nSPS) is 20.7. The molecule has 1 amide bonds. The smallest absolute Gasteiger partial charge is 0.224 e. The Labute approximate surface area is 135 Å². The number of benzene rings is 1. The van der Waals surface area contributed by atoms with Gasteiger partial charge >= 0.3 is 0 Å². The third-order valence-electron chi connectivity index (χ3n) is 4.49. The number of rotatable bonds is 4. The molecule has 1 aliphatic carbocycles. The number of nitrogens with one attached hydrogen (secondary N) is 1. The molecule has 1 saturated carbocycles. The van der Waals surface area contributed by atoms with Crippen LogP contribution in [0.2, 0.25) is 0 Å². The molecular weight excluding hydrogens is 288 g/mol. The van der Waals surface area contributed by atoms with Gasteiger partial charge in [-0.3, -0.25) is 9.48 Å². The predicted molar refractivity (Wildman–Crippen MR) is 87.6 cm³/mol. The number of carbonyl (C=O) groups is 1. The third kappa shape index (κ3) is 3.98. The van der Waals surface area contributed by atoms with Crippen LogP contribution in [0.15, 0.2) is 42.7 Å². The van der Waals surface area contributed by atoms with Gasteiger partial charge in [-0.25, -0.2) is 0 Å². The Morgan fingerprint density at radius 2 is 2.00 bits per heavy atom. The lowest BCUT2D eigenvalue weighted by Gasteiger charge is -2.28. The molecule has 5 heteroatoms. The predicted octanol–water partition coefficient (Wildman–Crippen LogP) is 3.51. The van der Waals surface area contributed by atoms with Crippen molar-refractivity contribution in [2.45, 2.75) is 38.1 Å². The average Bonchev–Trinajstić information content (AvgIpc) is 3.11. The van der Waals surface area contributed by atoms with Crippen molar-refractivity contribution in [1.82, 2.24) is 9.78 Å². The molecule has 0 unspecified atom stereocenters. The van der Waals surface area contributed by atoms with E-state index in [0.717, 1.165) is 31.4 Å². The SMILES string of the molecule is N#Cc1ccc(NC(=O)CC2CCC(n3cccn3)CC2)cc1. The van der Waals surface area contributed by atoms with Crippen LogP contribution >= 0.6 is 0 Å². The van der Waals surface area contributed by atoms with Crippen molar-refractivity contribution in [1.29, 1.82) is 5.26 Å². The van der Waals surface area contributed by atoms with Gasteiger partial charge in [-0.15, -0.1) is 0 Å². The largest absolute Gasteiger partial charge is 0.326 e. The molecule has 1 aliphatic rings. The van der Waals surface area contributed by atoms with E-state index in [1.807, 2.05) is 23.1 Å². The summed E-state index contributed by atoms with van der Waals surface area (Å²) in [5.74, 6) is 0.498. The van der Waals surface area contributed by atoms with E-state index in [9.17, 15) is 4.79 Å². The van der Waals surface area contributed by atoms with E-state index in [0.29, 0.717) is 23.9 Å². The van der Waals surface area contributed by atoms with Crippen molar-refractivity contribution >= 4 is 11.6 Å². The summed E-state index contributed by atoms with van der Waals surface area (Å²) in [5, 5.41) is 16.0. The quantitative estimate of drug-likeness (QED) is 0.939. The molecule has 23 heavy (non-hydrogen) atoms. The number of carbonyl (C=O) groups excluding carboxylic acids is 1. The summed E-state index contributed by atoms with van der Waals surface area (Å²) in [6.45, 7) is 0. The molecular formula is C18H20N4O. The first-order valence-electron chi connectivity index (χ1n) is 8.04. The van der Waals surface area contributed by atoms with Gasteiger partial charge in [0.1, 0.15) is 0 Å². The van der Waals surface area contributed by atoms with E-state index in [4.69, 9.17) is 5.26 Å². The van der Waals surface area contributed by atoms with E-state index in [-0.39, 0.29) is 5.91 Å². The fourth-order valence-corrected chi connectivity index (χ4v) is 3.21. The summed E-state index contributed by atoms with van der Waals surface area (Å²) < 4.78 is 2.03. The van der Waals surface area contributed by atoms with Crippen molar-refractivity contribution in [3.63, 3.8) is 0 Å². The van der Waals surface area contributed by atoms with Crippen LogP contribution < -0.4 is 5.32 Å². The lowest BCUT2D eigenvalue weighted by atomic mass is 9.84. The fourth-order valence-electron chi connectivity index (χ4n) is 3.21. The van der Waals surface area contributed by atoms with Gasteiger partial charge in [0.05, 0.1) is 17.7 Å². The molecule has 5 nitrogen and oxygen atoms in total. The Bertz CT molecular complexity index is 677. The van der Waals surface area contributed by atoms with Gasteiger partial charge in [-0.2, -0.15) is 10.4 Å². The number of nitriles is 1. The Morgan fingerprint density at radius 1 is 1.26 bits per heavy atom. The van der Waals surface area contributed by atoms with E-state index >= 15 is 0 Å². The second kappa shape index (κ2) is 7.10. The molecule has 3 rings (SSSR count). The van der Waals surface area contributed by atoms with E-state index in [1.54, 1.807) is 24.3 Å². The monoisotopic (exact) mass is 308 g/mol. The molecule has 118 valence electrons. The summed E-state index contributed by atoms with van der Waals surface area (Å²) in [6, 6.07) is 11.5. The first kappa shape index (κ1) is 15.3. The summed E-state index contributed by atoms with van der Waals surface area (Å²) in [7, 11) is 0. The van der Waals surface area contributed by atoms with Crippen molar-refractivity contribution < 1.29 is 4.79 Å². The minimum atomic E-state index is 0.0530. The van der Waals surface area contributed by atoms with Crippen LogP contribution in [-0.2, 0) is 4.79 Å². The summed E-state index contributed by atoms with van der Waals surface area (Å²) in [4.78, 5) is 12.2. The molecule has 0 radical (unpaired) electrons. The highest BCUT2D eigenvalue weighted by molar-refractivity contribution is 5.90. The molecule has 0 saturated heterocycles. The Balaban J connectivity index is 1.46. The second-order valence-electron chi connectivity index (χ2n) is 6.10. The van der Waals surface area contributed by atoms with Gasteiger partial charge in [0.25, 0.3) is 0 Å². The number of nitrogens with zero attached hydrogens (tertiary/aromatic N) is 3. The molecule has 0 aliphatic heterocycles. The van der Waals surface area contributed by atoms with Gasteiger partial charge in [-0.1, -0.05) is 0 Å². The van der Waals surface area contributed by atoms with Crippen LogP contribution in [0.3, 0.4) is 0 Å². The average molecular weight is 308 g/mol. The molecule has 0 spiro atoms. The zero-order valence-corrected chi connectivity index (χ0v) is 13.0. The minimum absolute atomic E-state index is 0.0530. The number of hydrogen-bond donors (Lipinski definition) is 1. The first-order valence-corrected chi connectivity index (χ1v) is 8.04. The lowest BCUT2D eigenvalue weighted by molar-refractivity contribution is -0.117. The summed E-state index contributed by atoms with van der Waals surface area (Å²) >= 11 is 0. The maximum absolute atomic E-state index is 12.2. The lowest BCUT2D eigenvalue weighted by Crippen LogP contribution is -2.22. The highest BCUT2D eigenvalue weighted by atomic mass is 16.1. The molecule has 0 bridgehead atoms. The van der Waals surface area contributed by atoms with Crippen LogP contribution in [0.4, 0.5) is 5.69 Å². The summed E-state index contributed by atoms with van der Waals surface area (Å²) in [5.41, 5.74) is 1.35. The maximum atomic E-state index is 12.2. The number of anilines is 1. The molecule has 1 N–H and O–H groups in total. The van der Waals surface area contributed by atoms with E-state index in [1.165, 1.54) is 0 Å².